The van der Waals surface area contributed by atoms with Crippen molar-refractivity contribution in [3.63, 3.8) is 0 Å². The van der Waals surface area contributed by atoms with Gasteiger partial charge in [0.1, 0.15) is 11.4 Å². The van der Waals surface area contributed by atoms with Crippen molar-refractivity contribution in [1.29, 1.82) is 0 Å². The Kier molecular flexibility index (Phi) is 6.52. The lowest BCUT2D eigenvalue weighted by atomic mass is 10.1. The van der Waals surface area contributed by atoms with Crippen LogP contribution in [0.3, 0.4) is 0 Å². The molecule has 10 heteroatoms. The van der Waals surface area contributed by atoms with Gasteiger partial charge in [0, 0.05) is 31.1 Å². The highest BCUT2D eigenvalue weighted by Gasteiger charge is 2.30. The molecule has 0 atom stereocenters. The third-order valence-electron chi connectivity index (χ3n) is 5.01. The largest absolute Gasteiger partial charge is 0.493 e. The Bertz CT molecular complexity index is 999. The number of amides is 2. The number of ether oxygens (including phenoxy) is 4. The summed E-state index contributed by atoms with van der Waals surface area (Å²) in [6, 6.07) is 3.15. The van der Waals surface area contributed by atoms with Crippen LogP contribution in [0.4, 0.5) is 10.6 Å². The van der Waals surface area contributed by atoms with E-state index in [1.807, 2.05) is 20.8 Å². The smallest absolute Gasteiger partial charge is 0.410 e. The van der Waals surface area contributed by atoms with E-state index in [1.165, 1.54) is 21.3 Å². The molecule has 174 valence electrons. The Morgan fingerprint density at radius 2 is 1.69 bits per heavy atom. The van der Waals surface area contributed by atoms with Crippen LogP contribution in [0.1, 0.15) is 42.4 Å². The maximum atomic E-state index is 13.1. The molecule has 0 saturated heterocycles. The summed E-state index contributed by atoms with van der Waals surface area (Å²) in [7, 11) is 6.23. The molecule has 0 saturated carbocycles. The van der Waals surface area contributed by atoms with Crippen molar-refractivity contribution in [3.05, 3.63) is 29.0 Å². The van der Waals surface area contributed by atoms with Crippen molar-refractivity contribution in [1.82, 2.24) is 14.7 Å². The molecule has 0 bridgehead atoms. The van der Waals surface area contributed by atoms with E-state index < -0.39 is 11.7 Å². The van der Waals surface area contributed by atoms with Gasteiger partial charge in [-0.15, -0.1) is 0 Å². The van der Waals surface area contributed by atoms with Crippen LogP contribution in [-0.2, 0) is 24.8 Å². The van der Waals surface area contributed by atoms with Gasteiger partial charge in [0.05, 0.1) is 33.6 Å². The summed E-state index contributed by atoms with van der Waals surface area (Å²) in [6.07, 6.45) is 0.177. The minimum absolute atomic E-state index is 0.295. The molecule has 0 fully saturated rings. The van der Waals surface area contributed by atoms with Gasteiger partial charge in [-0.2, -0.15) is 5.10 Å². The van der Waals surface area contributed by atoms with Crippen molar-refractivity contribution in [2.24, 2.45) is 7.05 Å². The fraction of sp³-hybridized carbons (Fsp3) is 0.500. The maximum Gasteiger partial charge on any atom is 0.410 e. The molecule has 1 aliphatic heterocycles. The van der Waals surface area contributed by atoms with Gasteiger partial charge in [-0.05, 0) is 32.9 Å². The summed E-state index contributed by atoms with van der Waals surface area (Å²) in [5, 5.41) is 7.43. The Balaban J connectivity index is 1.86. The summed E-state index contributed by atoms with van der Waals surface area (Å²) in [5.74, 6) is 1.30. The normalized spacial score (nSPS) is 13.3. The maximum absolute atomic E-state index is 13.1. The number of aromatic nitrogens is 2. The monoisotopic (exact) mass is 446 g/mol. The number of fused-ring (bicyclic) bond motifs is 1. The molecule has 0 unspecified atom stereocenters. The van der Waals surface area contributed by atoms with Crippen LogP contribution in [0, 0.1) is 0 Å². The predicted molar refractivity (Wildman–Crippen MR) is 118 cm³/mol. The van der Waals surface area contributed by atoms with Gasteiger partial charge < -0.3 is 29.2 Å². The number of rotatable bonds is 5. The number of nitrogens with one attached hydrogen (secondary N) is 1. The quantitative estimate of drug-likeness (QED) is 0.753. The van der Waals surface area contributed by atoms with Crippen molar-refractivity contribution in [3.8, 4) is 17.2 Å². The fourth-order valence-electron chi connectivity index (χ4n) is 3.53. The molecule has 10 nitrogen and oxygen atoms in total. The summed E-state index contributed by atoms with van der Waals surface area (Å²) in [4.78, 5) is 27.2. The van der Waals surface area contributed by atoms with E-state index in [0.29, 0.717) is 48.1 Å². The van der Waals surface area contributed by atoms with Crippen LogP contribution in [-0.4, -0.2) is 60.2 Å². The molecule has 2 amide bonds. The minimum Gasteiger partial charge on any atom is -0.493 e. The van der Waals surface area contributed by atoms with Crippen molar-refractivity contribution < 1.29 is 28.5 Å². The fourth-order valence-corrected chi connectivity index (χ4v) is 3.53. The number of anilines is 1. The molecular formula is C22H30N4O6. The summed E-state index contributed by atoms with van der Waals surface area (Å²) >= 11 is 0. The third-order valence-corrected chi connectivity index (χ3v) is 5.01. The Labute approximate surface area is 187 Å². The Morgan fingerprint density at radius 3 is 2.22 bits per heavy atom. The minimum atomic E-state index is -0.587. The average molecular weight is 447 g/mol. The number of nitrogens with zero attached hydrogens (tertiary/aromatic N) is 3. The van der Waals surface area contributed by atoms with Crippen molar-refractivity contribution in [2.75, 3.05) is 33.2 Å². The van der Waals surface area contributed by atoms with E-state index in [9.17, 15) is 9.59 Å². The van der Waals surface area contributed by atoms with Crippen molar-refractivity contribution in [2.45, 2.75) is 39.3 Å². The lowest BCUT2D eigenvalue weighted by Gasteiger charge is -2.29. The van der Waals surface area contributed by atoms with E-state index in [1.54, 1.807) is 28.8 Å². The molecule has 1 N–H and O–H groups in total. The highest BCUT2D eigenvalue weighted by atomic mass is 16.6. The van der Waals surface area contributed by atoms with Gasteiger partial charge in [-0.25, -0.2) is 4.79 Å². The molecule has 3 rings (SSSR count). The average Bonchev–Trinajstić information content (AvgIpc) is 3.05. The Morgan fingerprint density at radius 1 is 1.06 bits per heavy atom. The van der Waals surface area contributed by atoms with Gasteiger partial charge in [0.25, 0.3) is 5.91 Å². The van der Waals surface area contributed by atoms with Crippen LogP contribution >= 0.6 is 0 Å². The molecule has 1 aliphatic rings. The van der Waals surface area contributed by atoms with E-state index in [4.69, 9.17) is 18.9 Å². The molecule has 1 aromatic heterocycles. The summed E-state index contributed by atoms with van der Waals surface area (Å²) in [5.41, 5.74) is 1.36. The SMILES string of the molecule is COc1cc(C(=O)Nc2c3c(nn2C)CCN(C(=O)OC(C)(C)C)C3)cc(OC)c1OC. The molecule has 0 aliphatic carbocycles. The number of aryl methyl sites for hydroxylation is 1. The first kappa shape index (κ1) is 23.2. The second-order valence-electron chi connectivity index (χ2n) is 8.42. The zero-order chi connectivity index (χ0) is 23.6. The molecular weight excluding hydrogens is 416 g/mol. The molecule has 1 aromatic carbocycles. The number of benzene rings is 1. The number of methoxy groups -OCH3 is 3. The number of carbonyl (C=O) groups excluding carboxylic acids is 2. The predicted octanol–water partition coefficient (Wildman–Crippen LogP) is 2.99. The lowest BCUT2D eigenvalue weighted by molar-refractivity contribution is 0.0224. The van der Waals surface area contributed by atoms with Crippen LogP contribution in [0.15, 0.2) is 12.1 Å². The molecule has 0 radical (unpaired) electrons. The molecule has 0 spiro atoms. The van der Waals surface area contributed by atoms with Gasteiger partial charge in [-0.1, -0.05) is 0 Å². The number of carbonyl (C=O) groups is 2. The zero-order valence-corrected chi connectivity index (χ0v) is 19.6. The van der Waals surface area contributed by atoms with Gasteiger partial charge in [-0.3, -0.25) is 9.48 Å². The third kappa shape index (κ3) is 4.74. The topological polar surface area (TPSA) is 104 Å². The number of hydrogen-bond acceptors (Lipinski definition) is 7. The Hall–Kier alpha value is -3.43. The van der Waals surface area contributed by atoms with Crippen LogP contribution in [0.25, 0.3) is 0 Å². The first-order chi connectivity index (χ1) is 15.1. The van der Waals surface area contributed by atoms with Crippen LogP contribution < -0.4 is 19.5 Å². The highest BCUT2D eigenvalue weighted by molar-refractivity contribution is 6.05. The first-order valence-electron chi connectivity index (χ1n) is 10.2. The summed E-state index contributed by atoms with van der Waals surface area (Å²) < 4.78 is 23.1. The molecule has 2 aromatic rings. The van der Waals surface area contributed by atoms with Crippen molar-refractivity contribution >= 4 is 17.8 Å². The lowest BCUT2D eigenvalue weighted by Crippen LogP contribution is -2.40. The molecule has 2 heterocycles. The van der Waals surface area contributed by atoms with Crippen LogP contribution in [0.5, 0.6) is 17.2 Å². The second-order valence-corrected chi connectivity index (χ2v) is 8.42. The van der Waals surface area contributed by atoms with Crippen LogP contribution in [0.2, 0.25) is 0 Å². The van der Waals surface area contributed by atoms with E-state index in [-0.39, 0.29) is 5.91 Å². The summed E-state index contributed by atoms with van der Waals surface area (Å²) in [6.45, 7) is 6.27. The second kappa shape index (κ2) is 8.97. The number of hydrogen-bond donors (Lipinski definition) is 1. The molecule has 32 heavy (non-hydrogen) atoms. The standard InChI is InChI=1S/C22H30N4O6/c1-22(2,3)32-21(28)26-9-8-15-14(12-26)19(25(4)24-15)23-20(27)13-10-16(29-5)18(31-7)17(11-13)30-6/h10-11H,8-9,12H2,1-7H3,(H,23,27). The van der Waals surface area contributed by atoms with Gasteiger partial charge in [0.15, 0.2) is 11.5 Å². The highest BCUT2D eigenvalue weighted by Crippen LogP contribution is 2.38. The van der Waals surface area contributed by atoms with E-state index in [0.717, 1.165) is 11.3 Å². The first-order valence-corrected chi connectivity index (χ1v) is 10.2. The van der Waals surface area contributed by atoms with E-state index in [2.05, 4.69) is 10.4 Å². The van der Waals surface area contributed by atoms with Gasteiger partial charge >= 0.3 is 6.09 Å². The van der Waals surface area contributed by atoms with E-state index >= 15 is 0 Å². The zero-order valence-electron chi connectivity index (χ0n) is 19.6. The van der Waals surface area contributed by atoms with Gasteiger partial charge in [0.2, 0.25) is 5.75 Å².